The van der Waals surface area contributed by atoms with E-state index in [2.05, 4.69) is 14.9 Å². The Morgan fingerprint density at radius 3 is 2.73 bits per heavy atom. The van der Waals surface area contributed by atoms with Crippen molar-refractivity contribution in [3.8, 4) is 0 Å². The number of hydrogen-bond acceptors (Lipinski definition) is 7. The van der Waals surface area contributed by atoms with Gasteiger partial charge in [0, 0.05) is 12.6 Å². The highest BCUT2D eigenvalue weighted by Gasteiger charge is 2.31. The normalized spacial score (nSPS) is 14.9. The van der Waals surface area contributed by atoms with Crippen molar-refractivity contribution in [1.29, 1.82) is 0 Å². The van der Waals surface area contributed by atoms with Crippen LogP contribution in [0.5, 0.6) is 0 Å². The van der Waals surface area contributed by atoms with Gasteiger partial charge in [-0.2, -0.15) is 0 Å². The second-order valence-electron chi connectivity index (χ2n) is 7.53. The molecule has 2 aromatic heterocycles. The zero-order valence-electron chi connectivity index (χ0n) is 17.1. The molecule has 1 fully saturated rings. The fourth-order valence-corrected chi connectivity index (χ4v) is 4.96. The number of hydrogen-bond donors (Lipinski definition) is 2. The molecule has 8 heteroatoms. The average Bonchev–Trinajstić information content (AvgIpc) is 3.53. The van der Waals surface area contributed by atoms with Gasteiger partial charge in [0.15, 0.2) is 0 Å². The van der Waals surface area contributed by atoms with Crippen LogP contribution in [-0.4, -0.2) is 45.6 Å². The summed E-state index contributed by atoms with van der Waals surface area (Å²) in [5, 5.41) is 11.1. The molecule has 0 spiro atoms. The lowest BCUT2D eigenvalue weighted by molar-refractivity contribution is 0.0605. The van der Waals surface area contributed by atoms with E-state index >= 15 is 0 Å². The van der Waals surface area contributed by atoms with Crippen molar-refractivity contribution in [3.63, 3.8) is 0 Å². The van der Waals surface area contributed by atoms with Gasteiger partial charge in [-0.1, -0.05) is 37.3 Å². The van der Waals surface area contributed by atoms with Crippen LogP contribution in [0.3, 0.4) is 0 Å². The number of thiophene rings is 1. The number of aliphatic hydroxyl groups is 1. The van der Waals surface area contributed by atoms with E-state index in [1.807, 2.05) is 37.3 Å². The highest BCUT2D eigenvalue weighted by molar-refractivity contribution is 7.20. The number of esters is 1. The van der Waals surface area contributed by atoms with Crippen molar-refractivity contribution in [1.82, 2.24) is 14.9 Å². The first kappa shape index (κ1) is 20.7. The van der Waals surface area contributed by atoms with Gasteiger partial charge in [0.1, 0.15) is 15.5 Å². The van der Waals surface area contributed by atoms with Crippen LogP contribution in [-0.2, 0) is 17.7 Å². The van der Waals surface area contributed by atoms with Gasteiger partial charge in [-0.3, -0.25) is 9.69 Å². The van der Waals surface area contributed by atoms with Crippen LogP contribution < -0.4 is 5.56 Å². The standard InChI is InChI=1S/C22H25N3O4S/c1-3-15-18-20(27)23-17(24-21(18)30-19(15)22(28)29-2)12-25(14-9-10-14)11-16(26)13-7-5-4-6-8-13/h4-8,14,16,26H,3,9-12H2,1-2H3,(H,23,24,27)/t16-/m1/s1. The van der Waals surface area contributed by atoms with Gasteiger partial charge in [-0.05, 0) is 30.4 Å². The lowest BCUT2D eigenvalue weighted by atomic mass is 10.1. The van der Waals surface area contributed by atoms with E-state index in [1.54, 1.807) is 0 Å². The minimum Gasteiger partial charge on any atom is -0.465 e. The second-order valence-corrected chi connectivity index (χ2v) is 8.53. The Morgan fingerprint density at radius 2 is 2.10 bits per heavy atom. The largest absolute Gasteiger partial charge is 0.465 e. The third kappa shape index (κ3) is 4.16. The third-order valence-corrected chi connectivity index (χ3v) is 6.55. The molecular weight excluding hydrogens is 402 g/mol. The molecule has 2 N–H and O–H groups in total. The Hall–Kier alpha value is -2.55. The van der Waals surface area contributed by atoms with Crippen molar-refractivity contribution < 1.29 is 14.6 Å². The fourth-order valence-electron chi connectivity index (χ4n) is 3.76. The molecule has 1 aliphatic rings. The van der Waals surface area contributed by atoms with E-state index in [-0.39, 0.29) is 5.56 Å². The molecule has 1 aromatic carbocycles. The van der Waals surface area contributed by atoms with Gasteiger partial charge >= 0.3 is 5.97 Å². The van der Waals surface area contributed by atoms with E-state index in [0.29, 0.717) is 52.0 Å². The van der Waals surface area contributed by atoms with Gasteiger partial charge in [-0.25, -0.2) is 9.78 Å². The van der Waals surface area contributed by atoms with Crippen molar-refractivity contribution in [2.45, 2.75) is 44.9 Å². The number of H-pyrrole nitrogens is 1. The van der Waals surface area contributed by atoms with Gasteiger partial charge in [0.25, 0.3) is 5.56 Å². The number of aryl methyl sites for hydroxylation is 1. The first-order valence-electron chi connectivity index (χ1n) is 10.1. The molecule has 0 radical (unpaired) electrons. The number of aromatic amines is 1. The number of rotatable bonds is 8. The number of benzene rings is 1. The quantitative estimate of drug-likeness (QED) is 0.537. The molecular formula is C22H25N3O4S. The van der Waals surface area contributed by atoms with Crippen molar-refractivity contribution in [2.75, 3.05) is 13.7 Å². The molecule has 0 saturated heterocycles. The van der Waals surface area contributed by atoms with Crippen LogP contribution in [0.4, 0.5) is 0 Å². The lowest BCUT2D eigenvalue weighted by Crippen LogP contribution is -2.32. The molecule has 158 valence electrons. The number of aromatic nitrogens is 2. The van der Waals surface area contributed by atoms with Crippen molar-refractivity contribution in [2.24, 2.45) is 0 Å². The zero-order chi connectivity index (χ0) is 21.3. The SMILES string of the molecule is CCc1c(C(=O)OC)sc2nc(CN(C[C@@H](O)c3ccccc3)C3CC3)[nH]c(=O)c12. The number of aliphatic hydroxyl groups excluding tert-OH is 1. The fraction of sp³-hybridized carbons (Fsp3) is 0.409. The lowest BCUT2D eigenvalue weighted by Gasteiger charge is -2.24. The second kappa shape index (κ2) is 8.67. The first-order chi connectivity index (χ1) is 14.5. The average molecular weight is 428 g/mol. The van der Waals surface area contributed by atoms with E-state index < -0.39 is 12.1 Å². The molecule has 1 atom stereocenters. The van der Waals surface area contributed by atoms with Crippen molar-refractivity contribution >= 4 is 27.5 Å². The van der Waals surface area contributed by atoms with Gasteiger partial charge < -0.3 is 14.8 Å². The van der Waals surface area contributed by atoms with Crippen LogP contribution >= 0.6 is 11.3 Å². The van der Waals surface area contributed by atoms with Crippen LogP contribution in [0, 0.1) is 0 Å². The molecule has 1 saturated carbocycles. The Balaban J connectivity index is 1.62. The number of carbonyl (C=O) groups excluding carboxylic acids is 1. The Kier molecular flexibility index (Phi) is 5.99. The summed E-state index contributed by atoms with van der Waals surface area (Å²) in [6, 6.07) is 9.95. The van der Waals surface area contributed by atoms with E-state index in [9.17, 15) is 14.7 Å². The summed E-state index contributed by atoms with van der Waals surface area (Å²) in [5.74, 6) is 0.0985. The number of nitrogens with one attached hydrogen (secondary N) is 1. The molecule has 7 nitrogen and oxygen atoms in total. The number of fused-ring (bicyclic) bond motifs is 1. The molecule has 30 heavy (non-hydrogen) atoms. The summed E-state index contributed by atoms with van der Waals surface area (Å²) < 4.78 is 4.86. The van der Waals surface area contributed by atoms with Gasteiger partial charge in [0.05, 0.1) is 25.1 Å². The molecule has 0 amide bonds. The first-order valence-corrected chi connectivity index (χ1v) is 10.9. The molecule has 0 bridgehead atoms. The molecule has 0 unspecified atom stereocenters. The van der Waals surface area contributed by atoms with E-state index in [1.165, 1.54) is 18.4 Å². The van der Waals surface area contributed by atoms with Crippen LogP contribution in [0.25, 0.3) is 10.2 Å². The number of methoxy groups -OCH3 is 1. The molecule has 0 aliphatic heterocycles. The topological polar surface area (TPSA) is 95.5 Å². The van der Waals surface area contributed by atoms with Gasteiger partial charge in [0.2, 0.25) is 0 Å². The molecule has 3 aromatic rings. The minimum atomic E-state index is -0.610. The molecule has 1 aliphatic carbocycles. The van der Waals surface area contributed by atoms with Crippen molar-refractivity contribution in [3.05, 3.63) is 62.5 Å². The third-order valence-electron chi connectivity index (χ3n) is 5.44. The summed E-state index contributed by atoms with van der Waals surface area (Å²) in [6.07, 6.45) is 2.08. The summed E-state index contributed by atoms with van der Waals surface area (Å²) in [7, 11) is 1.33. The molecule has 4 rings (SSSR count). The zero-order valence-corrected chi connectivity index (χ0v) is 17.9. The summed E-state index contributed by atoms with van der Waals surface area (Å²) in [5.41, 5.74) is 1.31. The minimum absolute atomic E-state index is 0.238. The highest BCUT2D eigenvalue weighted by Crippen LogP contribution is 2.31. The van der Waals surface area contributed by atoms with Crippen LogP contribution in [0.2, 0.25) is 0 Å². The number of carbonyl (C=O) groups is 1. The predicted molar refractivity (Wildman–Crippen MR) is 116 cm³/mol. The maximum absolute atomic E-state index is 12.8. The highest BCUT2D eigenvalue weighted by atomic mass is 32.1. The maximum Gasteiger partial charge on any atom is 0.348 e. The molecule has 2 heterocycles. The van der Waals surface area contributed by atoms with E-state index in [4.69, 9.17) is 4.74 Å². The summed E-state index contributed by atoms with van der Waals surface area (Å²) in [4.78, 5) is 35.6. The van der Waals surface area contributed by atoms with Gasteiger partial charge in [-0.15, -0.1) is 11.3 Å². The summed E-state index contributed by atoms with van der Waals surface area (Å²) >= 11 is 1.20. The predicted octanol–water partition coefficient (Wildman–Crippen LogP) is 3.03. The Morgan fingerprint density at radius 1 is 1.37 bits per heavy atom. The smallest absolute Gasteiger partial charge is 0.348 e. The monoisotopic (exact) mass is 427 g/mol. The summed E-state index contributed by atoms with van der Waals surface area (Å²) in [6.45, 7) is 2.81. The maximum atomic E-state index is 12.8. The van der Waals surface area contributed by atoms with Crippen LogP contribution in [0.1, 0.15) is 52.5 Å². The van der Waals surface area contributed by atoms with Crippen LogP contribution in [0.15, 0.2) is 35.1 Å². The number of ether oxygens (including phenoxy) is 1. The Bertz CT molecular complexity index is 1100. The van der Waals surface area contributed by atoms with E-state index in [0.717, 1.165) is 18.4 Å². The number of nitrogens with zero attached hydrogens (tertiary/aromatic N) is 2. The Labute approximate surface area is 178 Å².